The molecule has 5 nitrogen and oxygen atoms in total. The maximum atomic E-state index is 11.9. The Morgan fingerprint density at radius 1 is 1.50 bits per heavy atom. The van der Waals surface area contributed by atoms with Crippen molar-refractivity contribution in [1.29, 1.82) is 0 Å². The summed E-state index contributed by atoms with van der Waals surface area (Å²) in [5.74, 6) is 5.28. The summed E-state index contributed by atoms with van der Waals surface area (Å²) >= 11 is 5.78. The van der Waals surface area contributed by atoms with E-state index in [1.807, 2.05) is 0 Å². The number of anilines is 1. The molecule has 96 valence electrons. The topological polar surface area (TPSA) is 75.4 Å². The van der Waals surface area contributed by atoms with Gasteiger partial charge in [0.15, 0.2) is 0 Å². The molecule has 1 fully saturated rings. The summed E-state index contributed by atoms with van der Waals surface area (Å²) in [7, 11) is 0. The average Bonchev–Trinajstić information content (AvgIpc) is 2.79. The number of alkyl halides is 1. The van der Waals surface area contributed by atoms with E-state index in [-0.39, 0.29) is 11.8 Å². The van der Waals surface area contributed by atoms with Crippen LogP contribution in [0.1, 0.15) is 16.8 Å². The van der Waals surface area contributed by atoms with Crippen LogP contribution in [-0.2, 0) is 4.79 Å². The molecule has 1 saturated heterocycles. The third-order valence-corrected chi connectivity index (χ3v) is 3.43. The Balaban J connectivity index is 2.34. The molecule has 1 aromatic carbocycles. The number of nitrogen functional groups attached to an aromatic ring is 1. The molecule has 18 heavy (non-hydrogen) atoms. The van der Waals surface area contributed by atoms with Gasteiger partial charge in [-0.3, -0.25) is 15.0 Å². The van der Waals surface area contributed by atoms with Gasteiger partial charge < -0.3 is 4.90 Å². The number of para-hydroxylation sites is 1. The van der Waals surface area contributed by atoms with Gasteiger partial charge in [-0.2, -0.15) is 0 Å². The van der Waals surface area contributed by atoms with Crippen molar-refractivity contribution in [3.63, 3.8) is 0 Å². The molecule has 1 aliphatic rings. The van der Waals surface area contributed by atoms with Crippen molar-refractivity contribution in [2.75, 3.05) is 17.3 Å². The summed E-state index contributed by atoms with van der Waals surface area (Å²) in [6.07, 6.45) is 0.419. The standard InChI is InChI=1S/C12H14ClN3O2/c13-6-8-5-11(17)16(7-8)10-4-2-1-3-9(10)12(18)15-14/h1-4,8H,5-7,14H2,(H,15,18). The molecule has 1 aromatic rings. The highest BCUT2D eigenvalue weighted by atomic mass is 35.5. The fourth-order valence-corrected chi connectivity index (χ4v) is 2.30. The normalized spacial score (nSPS) is 19.1. The highest BCUT2D eigenvalue weighted by molar-refractivity contribution is 6.18. The van der Waals surface area contributed by atoms with Gasteiger partial charge in [0.2, 0.25) is 5.91 Å². The van der Waals surface area contributed by atoms with E-state index in [0.29, 0.717) is 30.1 Å². The Morgan fingerprint density at radius 2 is 2.22 bits per heavy atom. The molecule has 1 unspecified atom stereocenters. The van der Waals surface area contributed by atoms with Gasteiger partial charge in [-0.25, -0.2) is 5.84 Å². The molecule has 0 aliphatic carbocycles. The van der Waals surface area contributed by atoms with E-state index >= 15 is 0 Å². The predicted molar refractivity (Wildman–Crippen MR) is 69.3 cm³/mol. The minimum absolute atomic E-state index is 0.0158. The van der Waals surface area contributed by atoms with E-state index in [1.54, 1.807) is 29.2 Å². The van der Waals surface area contributed by atoms with Crippen LogP contribution in [0.2, 0.25) is 0 Å². The molecular formula is C12H14ClN3O2. The van der Waals surface area contributed by atoms with Crippen molar-refractivity contribution in [3.8, 4) is 0 Å². The molecule has 2 rings (SSSR count). The van der Waals surface area contributed by atoms with Crippen molar-refractivity contribution in [2.45, 2.75) is 6.42 Å². The van der Waals surface area contributed by atoms with E-state index in [2.05, 4.69) is 5.43 Å². The Morgan fingerprint density at radius 3 is 2.83 bits per heavy atom. The van der Waals surface area contributed by atoms with Crippen molar-refractivity contribution in [1.82, 2.24) is 5.43 Å². The monoisotopic (exact) mass is 267 g/mol. The highest BCUT2D eigenvalue weighted by Gasteiger charge is 2.31. The first-order valence-corrected chi connectivity index (χ1v) is 6.17. The summed E-state index contributed by atoms with van der Waals surface area (Å²) in [6, 6.07) is 6.88. The minimum Gasteiger partial charge on any atom is -0.311 e. The number of hydrazine groups is 1. The van der Waals surface area contributed by atoms with E-state index in [9.17, 15) is 9.59 Å². The lowest BCUT2D eigenvalue weighted by atomic mass is 10.1. The largest absolute Gasteiger partial charge is 0.311 e. The number of carbonyl (C=O) groups excluding carboxylic acids is 2. The first-order valence-electron chi connectivity index (χ1n) is 5.63. The molecule has 3 N–H and O–H groups in total. The number of hydrogen-bond acceptors (Lipinski definition) is 3. The summed E-state index contributed by atoms with van der Waals surface area (Å²) in [6.45, 7) is 0.539. The van der Waals surface area contributed by atoms with Gasteiger partial charge in [-0.15, -0.1) is 11.6 Å². The van der Waals surface area contributed by atoms with E-state index < -0.39 is 5.91 Å². The molecule has 6 heteroatoms. The van der Waals surface area contributed by atoms with E-state index in [0.717, 1.165) is 0 Å². The summed E-state index contributed by atoms with van der Waals surface area (Å²) < 4.78 is 0. The van der Waals surface area contributed by atoms with Crippen molar-refractivity contribution in [2.24, 2.45) is 11.8 Å². The van der Waals surface area contributed by atoms with Crippen molar-refractivity contribution < 1.29 is 9.59 Å². The lowest BCUT2D eigenvalue weighted by Gasteiger charge is -2.19. The number of amides is 2. The number of hydrogen-bond donors (Lipinski definition) is 2. The number of benzene rings is 1. The first-order chi connectivity index (χ1) is 8.67. The van der Waals surface area contributed by atoms with Gasteiger partial charge in [-0.05, 0) is 18.1 Å². The molecule has 1 heterocycles. The molecule has 1 aliphatic heterocycles. The van der Waals surface area contributed by atoms with Crippen LogP contribution in [0.5, 0.6) is 0 Å². The van der Waals surface area contributed by atoms with Gasteiger partial charge in [0.05, 0.1) is 11.3 Å². The number of nitrogens with one attached hydrogen (secondary N) is 1. The van der Waals surface area contributed by atoms with Crippen LogP contribution in [0.3, 0.4) is 0 Å². The lowest BCUT2D eigenvalue weighted by molar-refractivity contribution is -0.117. The molecule has 0 spiro atoms. The van der Waals surface area contributed by atoms with Gasteiger partial charge in [-0.1, -0.05) is 12.1 Å². The van der Waals surface area contributed by atoms with E-state index in [1.165, 1.54) is 0 Å². The molecular weight excluding hydrogens is 254 g/mol. The predicted octanol–water partition coefficient (Wildman–Crippen LogP) is 0.882. The van der Waals surface area contributed by atoms with Gasteiger partial charge >= 0.3 is 0 Å². The van der Waals surface area contributed by atoms with Gasteiger partial charge in [0.1, 0.15) is 0 Å². The first kappa shape index (κ1) is 12.9. The third-order valence-electron chi connectivity index (χ3n) is 2.99. The van der Waals surface area contributed by atoms with Crippen molar-refractivity contribution in [3.05, 3.63) is 29.8 Å². The lowest BCUT2D eigenvalue weighted by Crippen LogP contribution is -2.33. The van der Waals surface area contributed by atoms with Crippen LogP contribution in [0.4, 0.5) is 5.69 Å². The summed E-state index contributed by atoms with van der Waals surface area (Å²) in [5.41, 5.74) is 3.06. The molecule has 0 saturated carbocycles. The maximum absolute atomic E-state index is 11.9. The van der Waals surface area contributed by atoms with E-state index in [4.69, 9.17) is 17.4 Å². The number of halogens is 1. The molecule has 0 bridgehead atoms. The third kappa shape index (κ3) is 2.32. The van der Waals surface area contributed by atoms with Crippen molar-refractivity contribution >= 4 is 29.1 Å². The Kier molecular flexibility index (Phi) is 3.84. The van der Waals surface area contributed by atoms with Gasteiger partial charge in [0.25, 0.3) is 5.91 Å². The number of nitrogens with two attached hydrogens (primary N) is 1. The zero-order chi connectivity index (χ0) is 13.1. The van der Waals surface area contributed by atoms with Crippen LogP contribution in [0, 0.1) is 5.92 Å². The number of carbonyl (C=O) groups is 2. The second-order valence-electron chi connectivity index (χ2n) is 4.22. The fraction of sp³-hybridized carbons (Fsp3) is 0.333. The second-order valence-corrected chi connectivity index (χ2v) is 4.53. The van der Waals surface area contributed by atoms with Crippen LogP contribution in [0.25, 0.3) is 0 Å². The average molecular weight is 268 g/mol. The maximum Gasteiger partial charge on any atom is 0.267 e. The summed E-state index contributed by atoms with van der Waals surface area (Å²) in [5, 5.41) is 0. The Hall–Kier alpha value is -1.59. The van der Waals surface area contributed by atoms with Gasteiger partial charge in [0, 0.05) is 18.8 Å². The fourth-order valence-electron chi connectivity index (χ4n) is 2.10. The second kappa shape index (κ2) is 5.37. The zero-order valence-electron chi connectivity index (χ0n) is 9.73. The molecule has 1 atom stereocenters. The SMILES string of the molecule is NNC(=O)c1ccccc1N1CC(CCl)CC1=O. The highest BCUT2D eigenvalue weighted by Crippen LogP contribution is 2.28. The molecule has 2 amide bonds. The zero-order valence-corrected chi connectivity index (χ0v) is 10.5. The number of nitrogens with zero attached hydrogens (tertiary/aromatic N) is 1. The minimum atomic E-state index is -0.410. The number of rotatable bonds is 3. The van der Waals surface area contributed by atoms with Crippen LogP contribution < -0.4 is 16.2 Å². The Labute approximate surface area is 110 Å². The smallest absolute Gasteiger partial charge is 0.267 e. The van der Waals surface area contributed by atoms with Crippen LogP contribution in [-0.4, -0.2) is 24.2 Å². The quantitative estimate of drug-likeness (QED) is 0.369. The summed E-state index contributed by atoms with van der Waals surface area (Å²) in [4.78, 5) is 25.2. The Bertz CT molecular complexity index is 478. The van der Waals surface area contributed by atoms with Crippen LogP contribution >= 0.6 is 11.6 Å². The van der Waals surface area contributed by atoms with Crippen LogP contribution in [0.15, 0.2) is 24.3 Å². The molecule has 0 radical (unpaired) electrons. The molecule has 0 aromatic heterocycles.